The van der Waals surface area contributed by atoms with Gasteiger partial charge in [0.25, 0.3) is 0 Å². The number of hydrogen-bond donors (Lipinski definition) is 0. The molecule has 0 saturated carbocycles. The quantitative estimate of drug-likeness (QED) is 0.502. The van der Waals surface area contributed by atoms with Gasteiger partial charge in [0.1, 0.15) is 6.54 Å². The fourth-order valence-electron chi connectivity index (χ4n) is 4.13. The summed E-state index contributed by atoms with van der Waals surface area (Å²) in [7, 11) is 0. The van der Waals surface area contributed by atoms with Crippen LogP contribution in [-0.4, -0.2) is 36.8 Å². The lowest BCUT2D eigenvalue weighted by molar-refractivity contribution is 0.252. The number of hydrogen-bond acceptors (Lipinski definition) is 4. The van der Waals surface area contributed by atoms with Crippen LogP contribution in [0.4, 0.5) is 0 Å². The summed E-state index contributed by atoms with van der Waals surface area (Å²) in [6.45, 7) is 4.12. The van der Waals surface area contributed by atoms with Gasteiger partial charge in [0.05, 0.1) is 5.71 Å². The Morgan fingerprint density at radius 1 is 0.897 bits per heavy atom. The fraction of sp³-hybridized carbons (Fsp3) is 0.375. The van der Waals surface area contributed by atoms with E-state index < -0.39 is 0 Å². The van der Waals surface area contributed by atoms with Gasteiger partial charge in [-0.05, 0) is 72.7 Å². The number of unbranched alkanes of at least 4 members (excludes halogenated alkanes) is 1. The summed E-state index contributed by atoms with van der Waals surface area (Å²) < 4.78 is 0. The van der Waals surface area contributed by atoms with Crippen molar-refractivity contribution in [2.75, 3.05) is 26.2 Å². The standard InChI is InChI=1S/C24H27ClN4/c25-22-11-9-20(10-12-22)24(19-6-2-1-3-7-19)21-13-16-29(17-14-21)15-5-4-8-23-18-26-28-27-23/h1-3,6-7,9-12H,4-5,8,13-18H2. The van der Waals surface area contributed by atoms with Crippen molar-refractivity contribution in [1.29, 1.82) is 0 Å². The first kappa shape index (κ1) is 20.0. The maximum Gasteiger partial charge on any atom is 0.102 e. The van der Waals surface area contributed by atoms with Crippen LogP contribution in [0.5, 0.6) is 0 Å². The van der Waals surface area contributed by atoms with E-state index in [4.69, 9.17) is 11.6 Å². The van der Waals surface area contributed by atoms with Gasteiger partial charge in [0, 0.05) is 18.1 Å². The molecule has 2 aromatic carbocycles. The molecular formula is C24H27ClN4. The van der Waals surface area contributed by atoms with Crippen LogP contribution in [0.15, 0.2) is 75.6 Å². The van der Waals surface area contributed by atoms with Gasteiger partial charge in [-0.3, -0.25) is 0 Å². The molecule has 4 rings (SSSR count). The van der Waals surface area contributed by atoms with Crippen molar-refractivity contribution in [1.82, 2.24) is 4.90 Å². The van der Waals surface area contributed by atoms with Gasteiger partial charge in [-0.25, -0.2) is 0 Å². The van der Waals surface area contributed by atoms with E-state index in [2.05, 4.69) is 62.8 Å². The number of likely N-dealkylation sites (tertiary alicyclic amines) is 1. The van der Waals surface area contributed by atoms with Gasteiger partial charge in [-0.1, -0.05) is 59.6 Å². The molecule has 150 valence electrons. The molecule has 2 aliphatic heterocycles. The molecule has 1 saturated heterocycles. The molecule has 0 N–H and O–H groups in total. The van der Waals surface area contributed by atoms with Crippen LogP contribution < -0.4 is 0 Å². The normalized spacial score (nSPS) is 16.9. The average Bonchev–Trinajstić information content (AvgIpc) is 3.28. The van der Waals surface area contributed by atoms with E-state index in [1.165, 1.54) is 29.5 Å². The molecule has 0 spiro atoms. The molecule has 0 amide bonds. The molecular weight excluding hydrogens is 380 g/mol. The average molecular weight is 407 g/mol. The zero-order valence-corrected chi connectivity index (χ0v) is 17.5. The number of benzene rings is 2. The second kappa shape index (κ2) is 9.95. The van der Waals surface area contributed by atoms with Gasteiger partial charge in [0.2, 0.25) is 0 Å². The van der Waals surface area contributed by atoms with Crippen molar-refractivity contribution in [2.45, 2.75) is 32.1 Å². The summed E-state index contributed by atoms with van der Waals surface area (Å²) in [5.74, 6) is 0. The van der Waals surface area contributed by atoms with Crippen LogP contribution in [0.3, 0.4) is 0 Å². The van der Waals surface area contributed by atoms with Crippen molar-refractivity contribution >= 4 is 22.9 Å². The molecule has 1 fully saturated rings. The van der Waals surface area contributed by atoms with Crippen molar-refractivity contribution < 1.29 is 0 Å². The minimum absolute atomic E-state index is 0.699. The summed E-state index contributed by atoms with van der Waals surface area (Å²) in [4.78, 5) is 2.60. The largest absolute Gasteiger partial charge is 0.303 e. The van der Waals surface area contributed by atoms with Crippen molar-refractivity contribution in [3.63, 3.8) is 0 Å². The third kappa shape index (κ3) is 5.40. The van der Waals surface area contributed by atoms with E-state index in [-0.39, 0.29) is 0 Å². The van der Waals surface area contributed by atoms with Gasteiger partial charge >= 0.3 is 0 Å². The number of halogens is 1. The molecule has 2 aromatic rings. The molecule has 2 heterocycles. The van der Waals surface area contributed by atoms with Crippen LogP contribution in [-0.2, 0) is 0 Å². The second-order valence-corrected chi connectivity index (χ2v) is 8.14. The Bertz CT molecular complexity index is 890. The third-order valence-corrected chi connectivity index (χ3v) is 5.95. The molecule has 4 nitrogen and oxygen atoms in total. The maximum atomic E-state index is 6.13. The van der Waals surface area contributed by atoms with Gasteiger partial charge < -0.3 is 4.90 Å². The lowest BCUT2D eigenvalue weighted by Crippen LogP contribution is -2.32. The Balaban J connectivity index is 1.39. The molecule has 2 aliphatic rings. The number of piperidine rings is 1. The van der Waals surface area contributed by atoms with E-state index in [9.17, 15) is 0 Å². The van der Waals surface area contributed by atoms with Crippen LogP contribution >= 0.6 is 11.6 Å². The second-order valence-electron chi connectivity index (χ2n) is 7.71. The SMILES string of the molecule is Clc1ccc(C(=C2CCN(CCCCC3=NN=NC3)CC2)c2ccccc2)cc1. The van der Waals surface area contributed by atoms with E-state index in [0.29, 0.717) is 6.54 Å². The molecule has 0 atom stereocenters. The summed E-state index contributed by atoms with van der Waals surface area (Å²) in [6, 6.07) is 19.0. The Morgan fingerprint density at radius 3 is 2.31 bits per heavy atom. The first-order chi connectivity index (χ1) is 14.3. The van der Waals surface area contributed by atoms with Crippen molar-refractivity contribution in [3.05, 3.63) is 76.3 Å². The van der Waals surface area contributed by atoms with Crippen LogP contribution in [0, 0.1) is 0 Å². The summed E-state index contributed by atoms with van der Waals surface area (Å²) >= 11 is 6.13. The highest BCUT2D eigenvalue weighted by molar-refractivity contribution is 6.30. The smallest absolute Gasteiger partial charge is 0.102 e. The van der Waals surface area contributed by atoms with Crippen LogP contribution in [0.25, 0.3) is 5.57 Å². The fourth-order valence-corrected chi connectivity index (χ4v) is 4.25. The monoisotopic (exact) mass is 406 g/mol. The highest BCUT2D eigenvalue weighted by Gasteiger charge is 2.19. The summed E-state index contributed by atoms with van der Waals surface area (Å²) in [6.07, 6.45) is 5.65. The minimum atomic E-state index is 0.699. The highest BCUT2D eigenvalue weighted by atomic mass is 35.5. The Morgan fingerprint density at radius 2 is 1.62 bits per heavy atom. The molecule has 0 unspecified atom stereocenters. The first-order valence-corrected chi connectivity index (χ1v) is 10.9. The van der Waals surface area contributed by atoms with Gasteiger partial charge in [-0.2, -0.15) is 5.11 Å². The highest BCUT2D eigenvalue weighted by Crippen LogP contribution is 2.33. The predicted molar refractivity (Wildman–Crippen MR) is 121 cm³/mol. The zero-order valence-electron chi connectivity index (χ0n) is 16.7. The maximum absolute atomic E-state index is 6.13. The number of nitrogens with zero attached hydrogens (tertiary/aromatic N) is 4. The molecule has 5 heteroatoms. The predicted octanol–water partition coefficient (Wildman–Crippen LogP) is 6.23. The van der Waals surface area contributed by atoms with Crippen molar-refractivity contribution in [2.24, 2.45) is 15.4 Å². The zero-order chi connectivity index (χ0) is 19.9. The number of rotatable bonds is 7. The summed E-state index contributed by atoms with van der Waals surface area (Å²) in [5.41, 5.74) is 6.62. The lowest BCUT2D eigenvalue weighted by Gasteiger charge is -2.30. The summed E-state index contributed by atoms with van der Waals surface area (Å²) in [5, 5.41) is 12.5. The van der Waals surface area contributed by atoms with Crippen molar-refractivity contribution in [3.8, 4) is 0 Å². The van der Waals surface area contributed by atoms with Gasteiger partial charge in [-0.15, -0.1) is 5.10 Å². The third-order valence-electron chi connectivity index (χ3n) is 5.70. The van der Waals surface area contributed by atoms with E-state index >= 15 is 0 Å². The topological polar surface area (TPSA) is 40.3 Å². The molecule has 0 bridgehead atoms. The first-order valence-electron chi connectivity index (χ1n) is 10.5. The van der Waals surface area contributed by atoms with E-state index in [1.54, 1.807) is 5.57 Å². The van der Waals surface area contributed by atoms with Gasteiger partial charge in [0.15, 0.2) is 0 Å². The molecule has 0 aromatic heterocycles. The Kier molecular flexibility index (Phi) is 6.86. The van der Waals surface area contributed by atoms with Crippen LogP contribution in [0.1, 0.15) is 43.2 Å². The Labute approximate surface area is 178 Å². The molecule has 29 heavy (non-hydrogen) atoms. The molecule has 0 aliphatic carbocycles. The minimum Gasteiger partial charge on any atom is -0.303 e. The van der Waals surface area contributed by atoms with E-state index in [1.807, 2.05) is 12.1 Å². The van der Waals surface area contributed by atoms with E-state index in [0.717, 1.165) is 49.6 Å². The van der Waals surface area contributed by atoms with Crippen LogP contribution in [0.2, 0.25) is 5.02 Å². The molecule has 0 radical (unpaired) electrons. The lowest BCUT2D eigenvalue weighted by atomic mass is 9.88. The Hall–Kier alpha value is -2.30.